The van der Waals surface area contributed by atoms with E-state index in [0.717, 1.165) is 29.0 Å². The average Bonchev–Trinajstić information content (AvgIpc) is 2.96. The van der Waals surface area contributed by atoms with Crippen molar-refractivity contribution in [1.29, 1.82) is 0 Å². The molecule has 0 aliphatic heterocycles. The van der Waals surface area contributed by atoms with Crippen LogP contribution >= 0.6 is 0 Å². The fourth-order valence-electron chi connectivity index (χ4n) is 2.28. The van der Waals surface area contributed by atoms with Gasteiger partial charge in [-0.3, -0.25) is 0 Å². The van der Waals surface area contributed by atoms with Gasteiger partial charge in [-0.25, -0.2) is 0 Å². The molecule has 0 N–H and O–H groups in total. The lowest BCUT2D eigenvalue weighted by Crippen LogP contribution is -2.21. The number of nitrogens with zero attached hydrogens (tertiary/aromatic N) is 4. The standard InChI is InChI=1S/C17H18N4/c1-3-9-17(20(2)14-10-5-4-6-11-14)21-18-15-12-7-8-13-16(15)19-21/h4-13H,3H2,1-2H3. The maximum absolute atomic E-state index is 4.57. The minimum absolute atomic E-state index is 0.904. The van der Waals surface area contributed by atoms with Crippen molar-refractivity contribution in [2.45, 2.75) is 13.3 Å². The number of aromatic nitrogens is 3. The first-order chi connectivity index (χ1) is 10.3. The van der Waals surface area contributed by atoms with Crippen LogP contribution in [0.3, 0.4) is 0 Å². The zero-order valence-corrected chi connectivity index (χ0v) is 12.3. The highest BCUT2D eigenvalue weighted by Gasteiger charge is 2.12. The zero-order valence-electron chi connectivity index (χ0n) is 12.3. The van der Waals surface area contributed by atoms with Crippen LogP contribution in [0.2, 0.25) is 0 Å². The first-order valence-electron chi connectivity index (χ1n) is 7.11. The van der Waals surface area contributed by atoms with Gasteiger partial charge in [-0.15, -0.1) is 15.0 Å². The van der Waals surface area contributed by atoms with Crippen molar-refractivity contribution >= 4 is 22.5 Å². The molecule has 0 amide bonds. The Morgan fingerprint density at radius 3 is 2.14 bits per heavy atom. The molecule has 1 aromatic heterocycles. The first kappa shape index (κ1) is 13.4. The van der Waals surface area contributed by atoms with Crippen LogP contribution in [0.25, 0.3) is 16.9 Å². The van der Waals surface area contributed by atoms with E-state index in [1.807, 2.05) is 49.5 Å². The third-order valence-electron chi connectivity index (χ3n) is 3.37. The maximum Gasteiger partial charge on any atom is 0.151 e. The van der Waals surface area contributed by atoms with E-state index < -0.39 is 0 Å². The van der Waals surface area contributed by atoms with Crippen molar-refractivity contribution in [3.05, 3.63) is 60.7 Å². The molecule has 0 spiro atoms. The molecule has 21 heavy (non-hydrogen) atoms. The summed E-state index contributed by atoms with van der Waals surface area (Å²) in [5, 5.41) is 9.15. The Hall–Kier alpha value is -2.62. The van der Waals surface area contributed by atoms with Crippen molar-refractivity contribution < 1.29 is 0 Å². The van der Waals surface area contributed by atoms with Crippen LogP contribution in [-0.2, 0) is 0 Å². The van der Waals surface area contributed by atoms with E-state index in [1.54, 1.807) is 4.80 Å². The molecule has 0 saturated heterocycles. The monoisotopic (exact) mass is 278 g/mol. The molecule has 4 heteroatoms. The summed E-state index contributed by atoms with van der Waals surface area (Å²) in [5.41, 5.74) is 2.92. The zero-order chi connectivity index (χ0) is 14.7. The van der Waals surface area contributed by atoms with Gasteiger partial charge < -0.3 is 4.90 Å². The molecule has 0 radical (unpaired) electrons. The number of fused-ring (bicyclic) bond motifs is 1. The SMILES string of the molecule is CCC=C(N(C)c1ccccc1)n1nc2ccccc2n1. The second-order valence-electron chi connectivity index (χ2n) is 4.84. The molecule has 0 bridgehead atoms. The average molecular weight is 278 g/mol. The Bertz CT molecular complexity index is 726. The summed E-state index contributed by atoms with van der Waals surface area (Å²) in [7, 11) is 2.03. The van der Waals surface area contributed by atoms with Gasteiger partial charge in [0.05, 0.1) is 0 Å². The Kier molecular flexibility index (Phi) is 3.69. The van der Waals surface area contributed by atoms with Gasteiger partial charge in [0.1, 0.15) is 11.0 Å². The molecular weight excluding hydrogens is 260 g/mol. The summed E-state index contributed by atoms with van der Waals surface area (Å²) in [5.74, 6) is 0.958. The maximum atomic E-state index is 4.57. The molecule has 106 valence electrons. The molecular formula is C17H18N4. The number of anilines is 1. The van der Waals surface area contributed by atoms with Crippen LogP contribution in [0.15, 0.2) is 60.7 Å². The molecule has 3 rings (SSSR count). The number of rotatable bonds is 4. The summed E-state index contributed by atoms with van der Waals surface area (Å²) < 4.78 is 0. The van der Waals surface area contributed by atoms with Crippen molar-refractivity contribution in [3.8, 4) is 0 Å². The molecule has 4 nitrogen and oxygen atoms in total. The van der Waals surface area contributed by atoms with E-state index in [9.17, 15) is 0 Å². The summed E-state index contributed by atoms with van der Waals surface area (Å²) in [4.78, 5) is 3.81. The third-order valence-corrected chi connectivity index (χ3v) is 3.37. The fourth-order valence-corrected chi connectivity index (χ4v) is 2.28. The van der Waals surface area contributed by atoms with Gasteiger partial charge >= 0.3 is 0 Å². The van der Waals surface area contributed by atoms with Gasteiger partial charge in [-0.05, 0) is 36.8 Å². The van der Waals surface area contributed by atoms with Crippen LogP contribution < -0.4 is 4.90 Å². The van der Waals surface area contributed by atoms with Gasteiger partial charge in [0.2, 0.25) is 0 Å². The van der Waals surface area contributed by atoms with Crippen molar-refractivity contribution in [1.82, 2.24) is 15.0 Å². The highest BCUT2D eigenvalue weighted by atomic mass is 15.5. The van der Waals surface area contributed by atoms with E-state index in [0.29, 0.717) is 0 Å². The van der Waals surface area contributed by atoms with Crippen LogP contribution in [0.4, 0.5) is 5.69 Å². The highest BCUT2D eigenvalue weighted by molar-refractivity contribution is 5.75. The first-order valence-corrected chi connectivity index (χ1v) is 7.11. The molecule has 1 heterocycles. The molecule has 0 fully saturated rings. The number of para-hydroxylation sites is 1. The normalized spacial score (nSPS) is 11.8. The minimum atomic E-state index is 0.904. The predicted molar refractivity (Wildman–Crippen MR) is 86.9 cm³/mol. The van der Waals surface area contributed by atoms with Gasteiger partial charge in [0, 0.05) is 12.7 Å². The number of hydrogen-bond donors (Lipinski definition) is 0. The Morgan fingerprint density at radius 1 is 1.00 bits per heavy atom. The lowest BCUT2D eigenvalue weighted by Gasteiger charge is -2.21. The highest BCUT2D eigenvalue weighted by Crippen LogP contribution is 2.20. The van der Waals surface area contributed by atoms with Gasteiger partial charge in [-0.2, -0.15) is 0 Å². The summed E-state index contributed by atoms with van der Waals surface area (Å²) in [6.45, 7) is 2.11. The molecule has 0 aliphatic rings. The molecule has 3 aromatic rings. The Balaban J connectivity index is 2.04. The molecule has 0 atom stereocenters. The summed E-state index contributed by atoms with van der Waals surface area (Å²) in [6.07, 6.45) is 3.05. The number of allylic oxidation sites excluding steroid dienone is 1. The third kappa shape index (κ3) is 2.65. The van der Waals surface area contributed by atoms with Crippen LogP contribution in [-0.4, -0.2) is 22.0 Å². The fraction of sp³-hybridized carbons (Fsp3) is 0.176. The quantitative estimate of drug-likeness (QED) is 0.728. The lowest BCUT2D eigenvalue weighted by molar-refractivity contribution is 0.757. The van der Waals surface area contributed by atoms with E-state index in [2.05, 4.69) is 40.2 Å². The largest absolute Gasteiger partial charge is 0.328 e. The van der Waals surface area contributed by atoms with Crippen molar-refractivity contribution in [2.24, 2.45) is 0 Å². The number of benzene rings is 2. The van der Waals surface area contributed by atoms with Gasteiger partial charge in [0.15, 0.2) is 5.82 Å². The summed E-state index contributed by atoms with van der Waals surface area (Å²) >= 11 is 0. The smallest absolute Gasteiger partial charge is 0.151 e. The van der Waals surface area contributed by atoms with E-state index >= 15 is 0 Å². The van der Waals surface area contributed by atoms with Crippen molar-refractivity contribution in [3.63, 3.8) is 0 Å². The topological polar surface area (TPSA) is 34.0 Å². The molecule has 0 saturated carbocycles. The summed E-state index contributed by atoms with van der Waals surface area (Å²) in [6, 6.07) is 18.1. The van der Waals surface area contributed by atoms with Crippen LogP contribution in [0.1, 0.15) is 13.3 Å². The van der Waals surface area contributed by atoms with Crippen molar-refractivity contribution in [2.75, 3.05) is 11.9 Å². The minimum Gasteiger partial charge on any atom is -0.328 e. The predicted octanol–water partition coefficient (Wildman–Crippen LogP) is 3.78. The molecule has 0 unspecified atom stereocenters. The lowest BCUT2D eigenvalue weighted by atomic mass is 10.3. The van der Waals surface area contributed by atoms with Crippen LogP contribution in [0.5, 0.6) is 0 Å². The second kappa shape index (κ2) is 5.79. The molecule has 0 aliphatic carbocycles. The number of hydrogen-bond acceptors (Lipinski definition) is 3. The van der Waals surface area contributed by atoms with E-state index in [4.69, 9.17) is 0 Å². The second-order valence-corrected chi connectivity index (χ2v) is 4.84. The van der Waals surface area contributed by atoms with Gasteiger partial charge in [-0.1, -0.05) is 37.3 Å². The van der Waals surface area contributed by atoms with E-state index in [1.165, 1.54) is 0 Å². The Labute approximate surface area is 124 Å². The molecule has 2 aromatic carbocycles. The Morgan fingerprint density at radius 2 is 1.57 bits per heavy atom. The van der Waals surface area contributed by atoms with Gasteiger partial charge in [0.25, 0.3) is 0 Å². The van der Waals surface area contributed by atoms with E-state index in [-0.39, 0.29) is 0 Å². The van der Waals surface area contributed by atoms with Crippen LogP contribution in [0, 0.1) is 0 Å².